The van der Waals surface area contributed by atoms with E-state index in [4.69, 9.17) is 11.6 Å². The van der Waals surface area contributed by atoms with Gasteiger partial charge in [0, 0.05) is 30.1 Å². The summed E-state index contributed by atoms with van der Waals surface area (Å²) in [5.74, 6) is -0.359. The Hall–Kier alpha value is -2.33. The molecule has 4 nitrogen and oxygen atoms in total. The smallest absolute Gasteiger partial charge is 0.224 e. The van der Waals surface area contributed by atoms with Crippen LogP contribution < -0.4 is 10.6 Å². The van der Waals surface area contributed by atoms with Gasteiger partial charge in [0.25, 0.3) is 0 Å². The van der Waals surface area contributed by atoms with Crippen molar-refractivity contribution in [2.75, 3.05) is 5.32 Å². The van der Waals surface area contributed by atoms with Gasteiger partial charge in [-0.15, -0.1) is 0 Å². The number of carbonyl (C=O) groups is 2. The second kappa shape index (κ2) is 8.20. The van der Waals surface area contributed by atoms with Gasteiger partial charge >= 0.3 is 0 Å². The van der Waals surface area contributed by atoms with Crippen LogP contribution in [-0.2, 0) is 16.1 Å². The van der Waals surface area contributed by atoms with E-state index in [1.54, 1.807) is 24.3 Å². The Morgan fingerprint density at radius 1 is 0.909 bits per heavy atom. The summed E-state index contributed by atoms with van der Waals surface area (Å²) in [6, 6.07) is 16.5. The van der Waals surface area contributed by atoms with Gasteiger partial charge in [-0.2, -0.15) is 0 Å². The lowest BCUT2D eigenvalue weighted by atomic mass is 10.2. The van der Waals surface area contributed by atoms with Gasteiger partial charge in [-0.25, -0.2) is 0 Å². The third-order valence-electron chi connectivity index (χ3n) is 3.02. The van der Waals surface area contributed by atoms with E-state index >= 15 is 0 Å². The quantitative estimate of drug-likeness (QED) is 0.858. The standard InChI is InChI=1S/C17H17ClN2O2/c18-14-7-4-8-15(11-14)20-17(22)10-9-16(21)19-12-13-5-2-1-3-6-13/h1-8,11H,9-10,12H2,(H,19,21)(H,20,22). The Kier molecular flexibility index (Phi) is 5.98. The van der Waals surface area contributed by atoms with Gasteiger partial charge in [-0.1, -0.05) is 48.0 Å². The molecule has 114 valence electrons. The number of nitrogens with one attached hydrogen (secondary N) is 2. The zero-order valence-electron chi connectivity index (χ0n) is 12.0. The highest BCUT2D eigenvalue weighted by Gasteiger charge is 2.07. The first-order chi connectivity index (χ1) is 10.6. The van der Waals surface area contributed by atoms with Crippen LogP contribution in [0.2, 0.25) is 5.02 Å². The summed E-state index contributed by atoms with van der Waals surface area (Å²) in [6.07, 6.45) is 0.284. The van der Waals surface area contributed by atoms with Crippen molar-refractivity contribution in [3.63, 3.8) is 0 Å². The van der Waals surface area contributed by atoms with E-state index in [0.717, 1.165) is 5.56 Å². The number of halogens is 1. The van der Waals surface area contributed by atoms with Crippen LogP contribution >= 0.6 is 11.6 Å². The second-order valence-corrected chi connectivity index (χ2v) is 5.26. The van der Waals surface area contributed by atoms with Crippen molar-refractivity contribution in [1.29, 1.82) is 0 Å². The summed E-state index contributed by atoms with van der Waals surface area (Å²) in [4.78, 5) is 23.5. The summed E-state index contributed by atoms with van der Waals surface area (Å²) in [6.45, 7) is 0.468. The van der Waals surface area contributed by atoms with Crippen LogP contribution in [0.3, 0.4) is 0 Å². The van der Waals surface area contributed by atoms with E-state index in [1.807, 2.05) is 30.3 Å². The maximum atomic E-state index is 11.8. The molecule has 0 aliphatic heterocycles. The number of hydrogen-bond donors (Lipinski definition) is 2. The van der Waals surface area contributed by atoms with Gasteiger partial charge in [0.05, 0.1) is 0 Å². The predicted octanol–water partition coefficient (Wildman–Crippen LogP) is 3.38. The van der Waals surface area contributed by atoms with E-state index in [0.29, 0.717) is 17.3 Å². The fourth-order valence-corrected chi connectivity index (χ4v) is 2.09. The fraction of sp³-hybridized carbons (Fsp3) is 0.176. The number of amides is 2. The highest BCUT2D eigenvalue weighted by Crippen LogP contribution is 2.15. The molecule has 2 aromatic rings. The highest BCUT2D eigenvalue weighted by molar-refractivity contribution is 6.30. The van der Waals surface area contributed by atoms with Gasteiger partial charge in [0.2, 0.25) is 11.8 Å². The zero-order chi connectivity index (χ0) is 15.8. The van der Waals surface area contributed by atoms with Crippen molar-refractivity contribution in [2.24, 2.45) is 0 Å². The number of carbonyl (C=O) groups excluding carboxylic acids is 2. The minimum atomic E-state index is -0.211. The monoisotopic (exact) mass is 316 g/mol. The van der Waals surface area contributed by atoms with Crippen molar-refractivity contribution in [1.82, 2.24) is 5.32 Å². The SMILES string of the molecule is O=C(CCC(=O)Nc1cccc(Cl)c1)NCc1ccccc1. The average molecular weight is 317 g/mol. The van der Waals surface area contributed by atoms with E-state index < -0.39 is 0 Å². The van der Waals surface area contributed by atoms with E-state index in [-0.39, 0.29) is 24.7 Å². The van der Waals surface area contributed by atoms with E-state index in [9.17, 15) is 9.59 Å². The Balaban J connectivity index is 1.70. The minimum absolute atomic E-state index is 0.132. The third kappa shape index (κ3) is 5.58. The molecule has 0 aliphatic carbocycles. The molecule has 2 amide bonds. The maximum absolute atomic E-state index is 11.8. The molecule has 2 rings (SSSR count). The lowest BCUT2D eigenvalue weighted by molar-refractivity contribution is -0.124. The minimum Gasteiger partial charge on any atom is -0.352 e. The lowest BCUT2D eigenvalue weighted by Gasteiger charge is -2.07. The van der Waals surface area contributed by atoms with Gasteiger partial charge in [0.1, 0.15) is 0 Å². The first-order valence-corrected chi connectivity index (χ1v) is 7.37. The Morgan fingerprint density at radius 3 is 2.36 bits per heavy atom. The molecule has 0 atom stereocenters. The maximum Gasteiger partial charge on any atom is 0.224 e. The van der Waals surface area contributed by atoms with Gasteiger partial charge in [-0.3, -0.25) is 9.59 Å². The van der Waals surface area contributed by atoms with Gasteiger partial charge in [-0.05, 0) is 23.8 Å². The molecule has 0 radical (unpaired) electrons. The number of hydrogen-bond acceptors (Lipinski definition) is 2. The van der Waals surface area contributed by atoms with Crippen molar-refractivity contribution in [3.05, 3.63) is 65.2 Å². The second-order valence-electron chi connectivity index (χ2n) is 4.82. The Labute approximate surface area is 134 Å². The van der Waals surface area contributed by atoms with E-state index in [1.165, 1.54) is 0 Å². The molecule has 0 aliphatic rings. The molecular formula is C17H17ClN2O2. The summed E-state index contributed by atoms with van der Waals surface area (Å²) in [5, 5.41) is 6.05. The van der Waals surface area contributed by atoms with Crippen LogP contribution in [0.25, 0.3) is 0 Å². The van der Waals surface area contributed by atoms with Gasteiger partial charge in [0.15, 0.2) is 0 Å². The molecule has 0 heterocycles. The number of rotatable bonds is 6. The molecular weight excluding hydrogens is 300 g/mol. The van der Waals surface area contributed by atoms with Crippen LogP contribution in [0.15, 0.2) is 54.6 Å². The molecule has 0 bridgehead atoms. The largest absolute Gasteiger partial charge is 0.352 e. The molecule has 0 aromatic heterocycles. The molecule has 0 unspecified atom stereocenters. The lowest BCUT2D eigenvalue weighted by Crippen LogP contribution is -2.24. The predicted molar refractivity (Wildman–Crippen MR) is 87.6 cm³/mol. The zero-order valence-corrected chi connectivity index (χ0v) is 12.8. The normalized spacial score (nSPS) is 10.0. The molecule has 2 aromatic carbocycles. The van der Waals surface area contributed by atoms with Crippen LogP contribution in [0.4, 0.5) is 5.69 Å². The third-order valence-corrected chi connectivity index (χ3v) is 3.26. The fourth-order valence-electron chi connectivity index (χ4n) is 1.90. The van der Waals surface area contributed by atoms with Crippen LogP contribution in [0, 0.1) is 0 Å². The molecule has 0 spiro atoms. The molecule has 22 heavy (non-hydrogen) atoms. The first kappa shape index (κ1) is 16.0. The summed E-state index contributed by atoms with van der Waals surface area (Å²) < 4.78 is 0. The Morgan fingerprint density at radius 2 is 1.64 bits per heavy atom. The van der Waals surface area contributed by atoms with Crippen molar-refractivity contribution < 1.29 is 9.59 Å². The molecule has 0 saturated carbocycles. The highest BCUT2D eigenvalue weighted by atomic mass is 35.5. The summed E-state index contributed by atoms with van der Waals surface area (Å²) in [7, 11) is 0. The van der Waals surface area contributed by atoms with Crippen LogP contribution in [-0.4, -0.2) is 11.8 Å². The van der Waals surface area contributed by atoms with Crippen LogP contribution in [0.1, 0.15) is 18.4 Å². The molecule has 0 saturated heterocycles. The van der Waals surface area contributed by atoms with Crippen molar-refractivity contribution in [3.8, 4) is 0 Å². The number of anilines is 1. The first-order valence-electron chi connectivity index (χ1n) is 6.99. The summed E-state index contributed by atoms with van der Waals surface area (Å²) >= 11 is 5.84. The number of benzene rings is 2. The van der Waals surface area contributed by atoms with E-state index in [2.05, 4.69) is 10.6 Å². The van der Waals surface area contributed by atoms with Crippen LogP contribution in [0.5, 0.6) is 0 Å². The van der Waals surface area contributed by atoms with Crippen molar-refractivity contribution in [2.45, 2.75) is 19.4 Å². The molecule has 2 N–H and O–H groups in total. The summed E-state index contributed by atoms with van der Waals surface area (Å²) in [5.41, 5.74) is 1.65. The molecule has 5 heteroatoms. The van der Waals surface area contributed by atoms with Crippen molar-refractivity contribution >= 4 is 29.1 Å². The topological polar surface area (TPSA) is 58.2 Å². The van der Waals surface area contributed by atoms with Gasteiger partial charge < -0.3 is 10.6 Å². The average Bonchev–Trinajstić information content (AvgIpc) is 2.52. The molecule has 0 fully saturated rings. The Bertz CT molecular complexity index is 644.